The fraction of sp³-hybridized carbons (Fsp3) is 0.645. The molecule has 0 saturated heterocycles. The largest absolute Gasteiger partial charge is 0.458 e. The Morgan fingerprint density at radius 1 is 1.05 bits per heavy atom. The molecule has 4 aliphatic carbocycles. The maximum Gasteiger partial charge on any atom is 0.306 e. The van der Waals surface area contributed by atoms with Crippen LogP contribution in [0.15, 0.2) is 36.0 Å². The Morgan fingerprint density at radius 3 is 2.62 bits per heavy atom. The van der Waals surface area contributed by atoms with Crippen molar-refractivity contribution in [2.45, 2.75) is 90.2 Å². The van der Waals surface area contributed by atoms with E-state index in [9.17, 15) is 24.3 Å². The van der Waals surface area contributed by atoms with Crippen LogP contribution >= 0.6 is 0 Å². The molecular weight excluding hydrogens is 496 g/mol. The molecule has 2 N–H and O–H groups in total. The van der Waals surface area contributed by atoms with Gasteiger partial charge in [0.05, 0.1) is 18.7 Å². The van der Waals surface area contributed by atoms with E-state index in [1.165, 1.54) is 5.57 Å². The number of Topliss-reactive ketones (excluding diaryl/α,β-unsaturated/α-hetero) is 1. The van der Waals surface area contributed by atoms with Gasteiger partial charge in [-0.2, -0.15) is 0 Å². The number of ether oxygens (including phenoxy) is 1. The van der Waals surface area contributed by atoms with E-state index in [1.807, 2.05) is 19.1 Å². The third kappa shape index (κ3) is 4.96. The first-order chi connectivity index (χ1) is 18.6. The number of amides is 1. The molecule has 4 aliphatic rings. The van der Waals surface area contributed by atoms with Crippen molar-refractivity contribution in [2.24, 2.45) is 28.6 Å². The number of hydrogen-bond donors (Lipinski definition) is 2. The van der Waals surface area contributed by atoms with E-state index in [4.69, 9.17) is 4.74 Å². The molecule has 1 aromatic heterocycles. The standard InChI is InChI=1S/C31H40N2O6/c1-29-13-10-22(34)17-20(29)6-7-23-24(29)11-14-30(2)25(23)12-15-31(30,38)26(35)19-39-28(37)9-8-27(36)33-18-21-5-3-4-16-32-21/h3-5,16-17,23-25,38H,6-15,18-19H2,1-2H3,(H,33,36)/t23-,24+,25+,29+,30+,31+/m1/s1. The normalized spacial score (nSPS) is 35.2. The van der Waals surface area contributed by atoms with E-state index in [2.05, 4.69) is 17.2 Å². The zero-order valence-electron chi connectivity index (χ0n) is 23.0. The van der Waals surface area contributed by atoms with Gasteiger partial charge in [-0.3, -0.25) is 24.2 Å². The molecule has 6 atom stereocenters. The fourth-order valence-electron chi connectivity index (χ4n) is 8.37. The van der Waals surface area contributed by atoms with Crippen molar-refractivity contribution in [3.63, 3.8) is 0 Å². The monoisotopic (exact) mass is 536 g/mol. The number of aliphatic hydroxyl groups is 1. The summed E-state index contributed by atoms with van der Waals surface area (Å²) in [6.45, 7) is 4.16. The van der Waals surface area contributed by atoms with Crippen LogP contribution in [0.3, 0.4) is 0 Å². The molecule has 210 valence electrons. The lowest BCUT2D eigenvalue weighted by Crippen LogP contribution is -2.58. The molecule has 0 aliphatic heterocycles. The van der Waals surface area contributed by atoms with Crippen LogP contribution < -0.4 is 5.32 Å². The minimum absolute atomic E-state index is 0.0301. The summed E-state index contributed by atoms with van der Waals surface area (Å²) < 4.78 is 5.24. The Balaban J connectivity index is 1.15. The van der Waals surface area contributed by atoms with Crippen LogP contribution in [0.1, 0.15) is 83.7 Å². The van der Waals surface area contributed by atoms with Gasteiger partial charge in [-0.1, -0.05) is 25.5 Å². The van der Waals surface area contributed by atoms with Crippen molar-refractivity contribution in [1.29, 1.82) is 0 Å². The number of esters is 1. The average molecular weight is 537 g/mol. The molecule has 39 heavy (non-hydrogen) atoms. The summed E-state index contributed by atoms with van der Waals surface area (Å²) in [7, 11) is 0. The van der Waals surface area contributed by atoms with Gasteiger partial charge in [0.15, 0.2) is 12.4 Å². The highest BCUT2D eigenvalue weighted by Gasteiger charge is 2.66. The number of allylic oxidation sites excluding steroid dienone is 1. The molecule has 3 fully saturated rings. The lowest BCUT2D eigenvalue weighted by atomic mass is 9.46. The van der Waals surface area contributed by atoms with Crippen LogP contribution in [-0.2, 0) is 30.5 Å². The van der Waals surface area contributed by atoms with E-state index in [0.29, 0.717) is 24.7 Å². The number of carbonyl (C=O) groups excluding carboxylic acids is 4. The van der Waals surface area contributed by atoms with E-state index in [-0.39, 0.29) is 42.4 Å². The first-order valence-electron chi connectivity index (χ1n) is 14.4. The first kappa shape index (κ1) is 27.7. The number of pyridine rings is 1. The van der Waals surface area contributed by atoms with Crippen molar-refractivity contribution in [2.75, 3.05) is 6.61 Å². The van der Waals surface area contributed by atoms with Crippen LogP contribution in [0.25, 0.3) is 0 Å². The molecule has 1 heterocycles. The second kappa shape index (κ2) is 10.6. The third-order valence-corrected chi connectivity index (χ3v) is 10.7. The molecular formula is C31H40N2O6. The van der Waals surface area contributed by atoms with Gasteiger partial charge < -0.3 is 15.2 Å². The van der Waals surface area contributed by atoms with Crippen LogP contribution in [0.5, 0.6) is 0 Å². The maximum atomic E-state index is 13.4. The number of nitrogens with zero attached hydrogens (tertiary/aromatic N) is 1. The Morgan fingerprint density at radius 2 is 1.85 bits per heavy atom. The number of rotatable bonds is 8. The molecule has 1 aromatic rings. The van der Waals surface area contributed by atoms with Crippen molar-refractivity contribution >= 4 is 23.4 Å². The number of fused-ring (bicyclic) bond motifs is 5. The Bertz CT molecular complexity index is 1180. The molecule has 5 rings (SSSR count). The van der Waals surface area contributed by atoms with Crippen LogP contribution in [0.2, 0.25) is 0 Å². The number of aromatic nitrogens is 1. The minimum Gasteiger partial charge on any atom is -0.458 e. The zero-order valence-corrected chi connectivity index (χ0v) is 23.0. The Kier molecular flexibility index (Phi) is 7.53. The molecule has 8 heteroatoms. The summed E-state index contributed by atoms with van der Waals surface area (Å²) >= 11 is 0. The van der Waals surface area contributed by atoms with E-state index in [1.54, 1.807) is 18.3 Å². The third-order valence-electron chi connectivity index (χ3n) is 10.7. The van der Waals surface area contributed by atoms with Gasteiger partial charge in [-0.25, -0.2) is 0 Å². The predicted octanol–water partition coefficient (Wildman–Crippen LogP) is 3.85. The van der Waals surface area contributed by atoms with E-state index in [0.717, 1.165) is 44.2 Å². The molecule has 0 radical (unpaired) electrons. The van der Waals surface area contributed by atoms with Gasteiger partial charge in [-0.05, 0) is 86.3 Å². The molecule has 0 aromatic carbocycles. The number of hydrogen-bond acceptors (Lipinski definition) is 7. The van der Waals surface area contributed by atoms with Gasteiger partial charge in [0.2, 0.25) is 11.7 Å². The lowest BCUT2D eigenvalue weighted by molar-refractivity contribution is -0.170. The van der Waals surface area contributed by atoms with Gasteiger partial charge in [0, 0.05) is 24.5 Å². The highest BCUT2D eigenvalue weighted by molar-refractivity contribution is 5.92. The highest BCUT2D eigenvalue weighted by atomic mass is 16.5. The van der Waals surface area contributed by atoms with Gasteiger partial charge in [0.25, 0.3) is 0 Å². The summed E-state index contributed by atoms with van der Waals surface area (Å²) in [4.78, 5) is 54.0. The number of nitrogens with one attached hydrogen (secondary N) is 1. The Labute approximate surface area is 230 Å². The smallest absolute Gasteiger partial charge is 0.306 e. The van der Waals surface area contributed by atoms with Crippen molar-refractivity contribution < 1.29 is 29.0 Å². The molecule has 3 saturated carbocycles. The first-order valence-corrected chi connectivity index (χ1v) is 14.4. The summed E-state index contributed by atoms with van der Waals surface area (Å²) in [6, 6.07) is 5.42. The van der Waals surface area contributed by atoms with E-state index < -0.39 is 29.4 Å². The Hall–Kier alpha value is -2.87. The van der Waals surface area contributed by atoms with Gasteiger partial charge >= 0.3 is 5.97 Å². The van der Waals surface area contributed by atoms with E-state index >= 15 is 0 Å². The summed E-state index contributed by atoms with van der Waals surface area (Å²) in [5, 5.41) is 14.5. The molecule has 1 amide bonds. The highest BCUT2D eigenvalue weighted by Crippen LogP contribution is 2.67. The zero-order chi connectivity index (χ0) is 27.8. The van der Waals surface area contributed by atoms with Crippen LogP contribution in [-0.4, -0.2) is 45.7 Å². The van der Waals surface area contributed by atoms with Crippen LogP contribution in [0, 0.1) is 28.6 Å². The fourth-order valence-corrected chi connectivity index (χ4v) is 8.37. The average Bonchev–Trinajstić information content (AvgIpc) is 3.21. The van der Waals surface area contributed by atoms with Crippen LogP contribution in [0.4, 0.5) is 0 Å². The maximum absolute atomic E-state index is 13.4. The summed E-state index contributed by atoms with van der Waals surface area (Å²) in [5.74, 6) is -0.0379. The molecule has 0 spiro atoms. The molecule has 8 nitrogen and oxygen atoms in total. The molecule has 0 bridgehead atoms. The number of carbonyl (C=O) groups is 4. The second-order valence-electron chi connectivity index (χ2n) is 12.5. The SMILES string of the molecule is C[C@]12CCC(=O)C=C1CC[C@@H]1[C@@H]2CC[C@@]2(C)[C@H]1CC[C@]2(O)C(=O)COC(=O)CCC(=O)NCc1ccccn1. The summed E-state index contributed by atoms with van der Waals surface area (Å²) in [5.41, 5.74) is -0.0429. The van der Waals surface area contributed by atoms with Crippen molar-refractivity contribution in [3.8, 4) is 0 Å². The number of ketones is 2. The predicted molar refractivity (Wildman–Crippen MR) is 143 cm³/mol. The second-order valence-corrected chi connectivity index (χ2v) is 12.5. The lowest BCUT2D eigenvalue weighted by Gasteiger charge is -2.58. The molecule has 0 unspecified atom stereocenters. The van der Waals surface area contributed by atoms with Gasteiger partial charge in [-0.15, -0.1) is 0 Å². The quantitative estimate of drug-likeness (QED) is 0.484. The minimum atomic E-state index is -1.53. The van der Waals surface area contributed by atoms with Crippen molar-refractivity contribution in [1.82, 2.24) is 10.3 Å². The van der Waals surface area contributed by atoms with Crippen molar-refractivity contribution in [3.05, 3.63) is 41.7 Å². The van der Waals surface area contributed by atoms with Gasteiger partial charge in [0.1, 0.15) is 5.60 Å². The topological polar surface area (TPSA) is 123 Å². The summed E-state index contributed by atoms with van der Waals surface area (Å²) in [6.07, 6.45) is 9.55.